The lowest BCUT2D eigenvalue weighted by molar-refractivity contribution is 0.0500. The molecule has 0 aromatic carbocycles. The van der Waals surface area contributed by atoms with Crippen molar-refractivity contribution in [3.8, 4) is 0 Å². The predicted octanol–water partition coefficient (Wildman–Crippen LogP) is 1.93. The molecule has 2 saturated carbocycles. The summed E-state index contributed by atoms with van der Waals surface area (Å²) in [5, 5.41) is 27.3. The summed E-state index contributed by atoms with van der Waals surface area (Å²) in [5.41, 5.74) is -0.480. The quantitative estimate of drug-likeness (QED) is 0.585. The van der Waals surface area contributed by atoms with E-state index in [1.54, 1.807) is 0 Å². The van der Waals surface area contributed by atoms with Crippen molar-refractivity contribution in [1.29, 1.82) is 0 Å². The van der Waals surface area contributed by atoms with Crippen LogP contribution in [0, 0.1) is 18.8 Å². The smallest absolute Gasteiger partial charge is 0.134 e. The number of hydrogen-bond acceptors (Lipinski definition) is 6. The van der Waals surface area contributed by atoms with E-state index in [9.17, 15) is 10.2 Å². The first-order valence-electron chi connectivity index (χ1n) is 8.54. The first-order chi connectivity index (χ1) is 10.8. The van der Waals surface area contributed by atoms with Crippen LogP contribution in [0.15, 0.2) is 6.33 Å². The number of nitrogens with one attached hydrogen (secondary N) is 2. The third-order valence-electron chi connectivity index (χ3n) is 5.23. The fourth-order valence-electron chi connectivity index (χ4n) is 3.03. The number of nitrogens with zero attached hydrogens (tertiary/aromatic N) is 2. The summed E-state index contributed by atoms with van der Waals surface area (Å²) >= 11 is 0. The van der Waals surface area contributed by atoms with Crippen LogP contribution in [-0.4, -0.2) is 44.5 Å². The molecule has 4 N–H and O–H groups in total. The van der Waals surface area contributed by atoms with E-state index in [1.807, 2.05) is 20.8 Å². The molecule has 2 unspecified atom stereocenters. The van der Waals surface area contributed by atoms with Crippen molar-refractivity contribution in [2.24, 2.45) is 11.8 Å². The monoisotopic (exact) mass is 320 g/mol. The Balaban J connectivity index is 1.61. The van der Waals surface area contributed by atoms with Crippen LogP contribution in [0.3, 0.4) is 0 Å². The van der Waals surface area contributed by atoms with Crippen LogP contribution in [0.2, 0.25) is 0 Å². The maximum Gasteiger partial charge on any atom is 0.134 e. The van der Waals surface area contributed by atoms with Crippen LogP contribution in [0.25, 0.3) is 0 Å². The molecule has 6 nitrogen and oxygen atoms in total. The molecular formula is C17H28N4O2. The van der Waals surface area contributed by atoms with Gasteiger partial charge in [-0.05, 0) is 58.3 Å². The third-order valence-corrected chi connectivity index (χ3v) is 5.23. The molecule has 2 aliphatic rings. The van der Waals surface area contributed by atoms with E-state index in [0.717, 1.165) is 42.9 Å². The van der Waals surface area contributed by atoms with Gasteiger partial charge in [0.05, 0.1) is 11.2 Å². The normalized spacial score (nSPS) is 23.0. The summed E-state index contributed by atoms with van der Waals surface area (Å²) in [6.45, 7) is 6.66. The van der Waals surface area contributed by atoms with E-state index in [1.165, 1.54) is 6.33 Å². The lowest BCUT2D eigenvalue weighted by Crippen LogP contribution is -2.37. The van der Waals surface area contributed by atoms with Crippen molar-refractivity contribution in [1.82, 2.24) is 9.97 Å². The molecule has 128 valence electrons. The van der Waals surface area contributed by atoms with Crippen LogP contribution in [0.1, 0.15) is 45.1 Å². The van der Waals surface area contributed by atoms with Gasteiger partial charge in [0.15, 0.2) is 0 Å². The van der Waals surface area contributed by atoms with Gasteiger partial charge in [-0.3, -0.25) is 0 Å². The van der Waals surface area contributed by atoms with E-state index >= 15 is 0 Å². The summed E-state index contributed by atoms with van der Waals surface area (Å²) in [5.74, 6) is 2.25. The molecule has 0 amide bonds. The largest absolute Gasteiger partial charge is 0.388 e. The van der Waals surface area contributed by atoms with Gasteiger partial charge >= 0.3 is 0 Å². The number of aromatic nitrogens is 2. The second-order valence-corrected chi connectivity index (χ2v) is 7.67. The van der Waals surface area contributed by atoms with Crippen LogP contribution < -0.4 is 10.6 Å². The summed E-state index contributed by atoms with van der Waals surface area (Å²) in [6, 6.07) is 0. The Morgan fingerprint density at radius 3 is 1.70 bits per heavy atom. The maximum atomic E-state index is 10.4. The molecule has 6 heteroatoms. The molecule has 0 aliphatic heterocycles. The molecular weight excluding hydrogens is 292 g/mol. The standard InChI is InChI=1S/C17H28N4O2/c1-11-14(18-8-16(2,22)12-4-5-12)20-10-21-15(11)19-9-17(3,23)13-6-7-13/h10,12-13,22-23H,4-9H2,1-3H3,(H2,18,19,20,21). The Labute approximate surface area is 137 Å². The molecule has 0 spiro atoms. The fraction of sp³-hybridized carbons (Fsp3) is 0.765. The van der Waals surface area contributed by atoms with Gasteiger partial charge in [-0.25, -0.2) is 9.97 Å². The first kappa shape index (κ1) is 16.5. The summed E-state index contributed by atoms with van der Waals surface area (Å²) in [6.07, 6.45) is 5.90. The predicted molar refractivity (Wildman–Crippen MR) is 90.4 cm³/mol. The van der Waals surface area contributed by atoms with Crippen molar-refractivity contribution >= 4 is 11.6 Å². The van der Waals surface area contributed by atoms with E-state index in [0.29, 0.717) is 24.9 Å². The summed E-state index contributed by atoms with van der Waals surface area (Å²) < 4.78 is 0. The number of aliphatic hydroxyl groups is 2. The number of hydrogen-bond donors (Lipinski definition) is 4. The zero-order valence-corrected chi connectivity index (χ0v) is 14.3. The van der Waals surface area contributed by atoms with Crippen LogP contribution in [0.5, 0.6) is 0 Å². The van der Waals surface area contributed by atoms with Gasteiger partial charge < -0.3 is 20.8 Å². The molecule has 23 heavy (non-hydrogen) atoms. The van der Waals surface area contributed by atoms with Crippen LogP contribution in [0.4, 0.5) is 11.6 Å². The lowest BCUT2D eigenvalue weighted by atomic mass is 10.0. The van der Waals surface area contributed by atoms with Gasteiger partial charge in [0, 0.05) is 18.7 Å². The molecule has 0 bridgehead atoms. The van der Waals surface area contributed by atoms with Gasteiger partial charge in [-0.1, -0.05) is 0 Å². The maximum absolute atomic E-state index is 10.4. The molecule has 1 heterocycles. The van der Waals surface area contributed by atoms with Crippen molar-refractivity contribution < 1.29 is 10.2 Å². The van der Waals surface area contributed by atoms with Crippen molar-refractivity contribution in [2.75, 3.05) is 23.7 Å². The average molecular weight is 320 g/mol. The van der Waals surface area contributed by atoms with E-state index in [-0.39, 0.29) is 0 Å². The Hall–Kier alpha value is -1.40. The third kappa shape index (κ3) is 3.93. The average Bonchev–Trinajstić information content (AvgIpc) is 3.36. The fourth-order valence-corrected chi connectivity index (χ4v) is 3.03. The Bertz CT molecular complexity index is 519. The minimum atomic E-state index is -0.694. The highest BCUT2D eigenvalue weighted by molar-refractivity contribution is 5.56. The summed E-state index contributed by atoms with van der Waals surface area (Å²) in [4.78, 5) is 8.56. The molecule has 0 radical (unpaired) electrons. The van der Waals surface area contributed by atoms with E-state index < -0.39 is 11.2 Å². The van der Waals surface area contributed by atoms with Crippen molar-refractivity contribution in [3.63, 3.8) is 0 Å². The minimum Gasteiger partial charge on any atom is -0.388 e. The number of rotatable bonds is 8. The highest BCUT2D eigenvalue weighted by Crippen LogP contribution is 2.40. The SMILES string of the molecule is Cc1c(NCC(C)(O)C2CC2)ncnc1NCC(C)(O)C1CC1. The van der Waals surface area contributed by atoms with Gasteiger partial charge in [0.25, 0.3) is 0 Å². The highest BCUT2D eigenvalue weighted by atomic mass is 16.3. The molecule has 2 atom stereocenters. The van der Waals surface area contributed by atoms with Gasteiger partial charge in [0.2, 0.25) is 0 Å². The molecule has 2 fully saturated rings. The topological polar surface area (TPSA) is 90.3 Å². The molecule has 3 rings (SSSR count). The first-order valence-corrected chi connectivity index (χ1v) is 8.54. The Morgan fingerprint density at radius 2 is 1.35 bits per heavy atom. The Morgan fingerprint density at radius 1 is 0.957 bits per heavy atom. The van der Waals surface area contributed by atoms with Gasteiger partial charge in [0.1, 0.15) is 18.0 Å². The minimum absolute atomic E-state index is 0.392. The Kier molecular flexibility index (Phi) is 4.23. The van der Waals surface area contributed by atoms with Crippen LogP contribution >= 0.6 is 0 Å². The second kappa shape index (κ2) is 5.91. The van der Waals surface area contributed by atoms with Crippen molar-refractivity contribution in [3.05, 3.63) is 11.9 Å². The second-order valence-electron chi connectivity index (χ2n) is 7.67. The molecule has 0 saturated heterocycles. The van der Waals surface area contributed by atoms with Gasteiger partial charge in [-0.15, -0.1) is 0 Å². The summed E-state index contributed by atoms with van der Waals surface area (Å²) in [7, 11) is 0. The van der Waals surface area contributed by atoms with E-state index in [2.05, 4.69) is 20.6 Å². The highest BCUT2D eigenvalue weighted by Gasteiger charge is 2.40. The molecule has 1 aromatic rings. The lowest BCUT2D eigenvalue weighted by Gasteiger charge is -2.25. The van der Waals surface area contributed by atoms with E-state index in [4.69, 9.17) is 0 Å². The zero-order chi connectivity index (χ0) is 16.7. The molecule has 2 aliphatic carbocycles. The van der Waals surface area contributed by atoms with Crippen molar-refractivity contribution in [2.45, 2.75) is 57.7 Å². The van der Waals surface area contributed by atoms with Crippen LogP contribution in [-0.2, 0) is 0 Å². The number of anilines is 2. The zero-order valence-electron chi connectivity index (χ0n) is 14.3. The van der Waals surface area contributed by atoms with Gasteiger partial charge in [-0.2, -0.15) is 0 Å². The molecule has 1 aromatic heterocycles.